The topological polar surface area (TPSA) is 38.3 Å². The molecule has 0 atom stereocenters. The molecule has 0 unspecified atom stereocenters. The lowest BCUT2D eigenvalue weighted by Gasteiger charge is -2.01. The van der Waals surface area contributed by atoms with Gasteiger partial charge in [-0.1, -0.05) is 18.2 Å². The smallest absolute Gasteiger partial charge is 0.244 e. The minimum atomic E-state index is -0.101. The molecule has 0 radical (unpaired) electrons. The van der Waals surface area contributed by atoms with Gasteiger partial charge in [0.15, 0.2) is 0 Å². The summed E-state index contributed by atoms with van der Waals surface area (Å²) in [5.74, 6) is 0.678. The van der Waals surface area contributed by atoms with Crippen LogP contribution in [0.25, 0.3) is 6.08 Å². The lowest BCUT2D eigenvalue weighted by atomic mass is 10.2. The molecule has 0 spiro atoms. The highest BCUT2D eigenvalue weighted by Gasteiger charge is 1.98. The van der Waals surface area contributed by atoms with Gasteiger partial charge < -0.3 is 10.1 Å². The Bertz CT molecular complexity index is 561. The fraction of sp³-hybridized carbons (Fsp3) is 0.133. The number of thiophene rings is 1. The first-order valence-electron chi connectivity index (χ1n) is 5.90. The normalized spacial score (nSPS) is 10.6. The maximum Gasteiger partial charge on any atom is 0.244 e. The molecule has 2 aromatic rings. The molecule has 0 aliphatic heterocycles. The number of hydrogen-bond acceptors (Lipinski definition) is 3. The molecule has 1 N–H and O–H groups in total. The predicted octanol–water partition coefficient (Wildman–Crippen LogP) is 3.09. The summed E-state index contributed by atoms with van der Waals surface area (Å²) in [6, 6.07) is 11.5. The first-order chi connectivity index (χ1) is 9.28. The molecule has 19 heavy (non-hydrogen) atoms. The Hall–Kier alpha value is -2.07. The molecular weight excluding hydrogens is 258 g/mol. The van der Waals surface area contributed by atoms with E-state index in [9.17, 15) is 4.79 Å². The van der Waals surface area contributed by atoms with Gasteiger partial charge in [-0.05, 0) is 35.2 Å². The van der Waals surface area contributed by atoms with Crippen LogP contribution >= 0.6 is 11.3 Å². The second-order valence-electron chi connectivity index (χ2n) is 3.91. The summed E-state index contributed by atoms with van der Waals surface area (Å²) in [5.41, 5.74) is 0.936. The van der Waals surface area contributed by atoms with Crippen LogP contribution in [-0.4, -0.2) is 13.0 Å². The summed E-state index contributed by atoms with van der Waals surface area (Å²) >= 11 is 1.63. The van der Waals surface area contributed by atoms with Crippen LogP contribution in [-0.2, 0) is 11.3 Å². The number of carbonyl (C=O) groups excluding carboxylic acids is 1. The fourth-order valence-electron chi connectivity index (χ4n) is 1.56. The first kappa shape index (κ1) is 13.4. The zero-order chi connectivity index (χ0) is 13.5. The standard InChI is InChI=1S/C15H15NO2S/c1-18-13-5-2-4-12(10-13)7-8-15(17)16-11-14-6-3-9-19-14/h2-10H,11H2,1H3,(H,16,17)/b8-7+. The van der Waals surface area contributed by atoms with Crippen molar-refractivity contribution in [3.63, 3.8) is 0 Å². The SMILES string of the molecule is COc1cccc(/C=C/C(=O)NCc2cccs2)c1. The van der Waals surface area contributed by atoms with E-state index in [1.807, 2.05) is 41.8 Å². The summed E-state index contributed by atoms with van der Waals surface area (Å²) in [4.78, 5) is 12.8. The summed E-state index contributed by atoms with van der Waals surface area (Å²) < 4.78 is 5.13. The van der Waals surface area contributed by atoms with E-state index in [1.165, 1.54) is 6.08 Å². The third kappa shape index (κ3) is 4.26. The lowest BCUT2D eigenvalue weighted by Crippen LogP contribution is -2.19. The Morgan fingerprint density at radius 3 is 3.00 bits per heavy atom. The van der Waals surface area contributed by atoms with Gasteiger partial charge in [-0.3, -0.25) is 4.79 Å². The number of hydrogen-bond donors (Lipinski definition) is 1. The fourth-order valence-corrected chi connectivity index (χ4v) is 2.21. The third-order valence-corrected chi connectivity index (χ3v) is 3.41. The molecule has 98 valence electrons. The molecule has 0 aliphatic rings. The zero-order valence-electron chi connectivity index (χ0n) is 10.6. The maximum absolute atomic E-state index is 11.6. The van der Waals surface area contributed by atoms with Gasteiger partial charge in [0.2, 0.25) is 5.91 Å². The van der Waals surface area contributed by atoms with Crippen LogP contribution in [0.5, 0.6) is 5.75 Å². The van der Waals surface area contributed by atoms with Crippen molar-refractivity contribution in [2.75, 3.05) is 7.11 Å². The Morgan fingerprint density at radius 2 is 2.26 bits per heavy atom. The van der Waals surface area contributed by atoms with Crippen molar-refractivity contribution in [3.05, 3.63) is 58.3 Å². The van der Waals surface area contributed by atoms with Gasteiger partial charge in [0.1, 0.15) is 5.75 Å². The molecule has 0 saturated carbocycles. The highest BCUT2D eigenvalue weighted by molar-refractivity contribution is 7.09. The summed E-state index contributed by atoms with van der Waals surface area (Å²) in [6.45, 7) is 0.568. The van der Waals surface area contributed by atoms with Crippen molar-refractivity contribution >= 4 is 23.3 Å². The number of ether oxygens (including phenoxy) is 1. The van der Waals surface area contributed by atoms with Crippen LogP contribution in [0.1, 0.15) is 10.4 Å². The number of rotatable bonds is 5. The van der Waals surface area contributed by atoms with Gasteiger partial charge in [0, 0.05) is 11.0 Å². The van der Waals surface area contributed by atoms with E-state index in [2.05, 4.69) is 5.32 Å². The van der Waals surface area contributed by atoms with Gasteiger partial charge in [0.05, 0.1) is 13.7 Å². The Kier molecular flexibility index (Phi) is 4.75. The molecule has 0 bridgehead atoms. The van der Waals surface area contributed by atoms with Crippen LogP contribution in [0.2, 0.25) is 0 Å². The number of methoxy groups -OCH3 is 1. The Morgan fingerprint density at radius 1 is 1.37 bits per heavy atom. The van der Waals surface area contributed by atoms with Crippen LogP contribution in [0.15, 0.2) is 47.9 Å². The number of amides is 1. The minimum absolute atomic E-state index is 0.101. The van der Waals surface area contributed by atoms with Crippen molar-refractivity contribution in [3.8, 4) is 5.75 Å². The third-order valence-electron chi connectivity index (χ3n) is 2.54. The van der Waals surface area contributed by atoms with E-state index in [0.717, 1.165) is 16.2 Å². The van der Waals surface area contributed by atoms with E-state index in [-0.39, 0.29) is 5.91 Å². The van der Waals surface area contributed by atoms with Crippen molar-refractivity contribution in [1.29, 1.82) is 0 Å². The summed E-state index contributed by atoms with van der Waals surface area (Å²) in [6.07, 6.45) is 3.30. The maximum atomic E-state index is 11.6. The predicted molar refractivity (Wildman–Crippen MR) is 78.2 cm³/mol. The molecule has 4 heteroatoms. The van der Waals surface area contributed by atoms with E-state index in [1.54, 1.807) is 24.5 Å². The van der Waals surface area contributed by atoms with Crippen molar-refractivity contribution < 1.29 is 9.53 Å². The van der Waals surface area contributed by atoms with E-state index >= 15 is 0 Å². The molecule has 1 amide bonds. The number of carbonyl (C=O) groups is 1. The summed E-state index contributed by atoms with van der Waals surface area (Å²) in [7, 11) is 1.62. The Labute approximate surface area is 116 Å². The van der Waals surface area contributed by atoms with Gasteiger partial charge in [-0.15, -0.1) is 11.3 Å². The highest BCUT2D eigenvalue weighted by atomic mass is 32.1. The number of benzene rings is 1. The van der Waals surface area contributed by atoms with E-state index < -0.39 is 0 Å². The monoisotopic (exact) mass is 273 g/mol. The second-order valence-corrected chi connectivity index (χ2v) is 4.94. The minimum Gasteiger partial charge on any atom is -0.497 e. The molecule has 1 heterocycles. The van der Waals surface area contributed by atoms with Crippen LogP contribution in [0, 0.1) is 0 Å². The average Bonchev–Trinajstić information content (AvgIpc) is 2.96. The second kappa shape index (κ2) is 6.75. The van der Waals surface area contributed by atoms with Crippen LogP contribution < -0.4 is 10.1 Å². The molecule has 1 aromatic heterocycles. The first-order valence-corrected chi connectivity index (χ1v) is 6.78. The van der Waals surface area contributed by atoms with Crippen LogP contribution in [0.4, 0.5) is 0 Å². The number of nitrogens with one attached hydrogen (secondary N) is 1. The molecule has 3 nitrogen and oxygen atoms in total. The van der Waals surface area contributed by atoms with Crippen molar-refractivity contribution in [2.45, 2.75) is 6.54 Å². The van der Waals surface area contributed by atoms with Gasteiger partial charge in [-0.2, -0.15) is 0 Å². The molecule has 2 rings (SSSR count). The van der Waals surface area contributed by atoms with E-state index in [4.69, 9.17) is 4.74 Å². The van der Waals surface area contributed by atoms with E-state index in [0.29, 0.717) is 6.54 Å². The van der Waals surface area contributed by atoms with Gasteiger partial charge >= 0.3 is 0 Å². The highest BCUT2D eigenvalue weighted by Crippen LogP contribution is 2.13. The summed E-state index contributed by atoms with van der Waals surface area (Å²) in [5, 5.41) is 4.83. The van der Waals surface area contributed by atoms with Gasteiger partial charge in [0.25, 0.3) is 0 Å². The lowest BCUT2D eigenvalue weighted by molar-refractivity contribution is -0.116. The van der Waals surface area contributed by atoms with Crippen molar-refractivity contribution in [2.24, 2.45) is 0 Å². The molecular formula is C15H15NO2S. The molecule has 1 aromatic carbocycles. The van der Waals surface area contributed by atoms with Gasteiger partial charge in [-0.25, -0.2) is 0 Å². The largest absolute Gasteiger partial charge is 0.497 e. The van der Waals surface area contributed by atoms with Crippen molar-refractivity contribution in [1.82, 2.24) is 5.32 Å². The molecule has 0 saturated heterocycles. The quantitative estimate of drug-likeness (QED) is 0.850. The average molecular weight is 273 g/mol. The molecule has 0 fully saturated rings. The van der Waals surface area contributed by atoms with Crippen LogP contribution in [0.3, 0.4) is 0 Å². The Balaban J connectivity index is 1.88. The molecule has 0 aliphatic carbocycles. The zero-order valence-corrected chi connectivity index (χ0v) is 11.4.